The molecule has 0 aromatic rings. The van der Waals surface area contributed by atoms with Crippen LogP contribution in [0, 0.1) is 5.92 Å². The Morgan fingerprint density at radius 1 is 1.25 bits per heavy atom. The quantitative estimate of drug-likeness (QED) is 0.471. The van der Waals surface area contributed by atoms with Crippen molar-refractivity contribution in [3.05, 3.63) is 0 Å². The van der Waals surface area contributed by atoms with E-state index in [0.29, 0.717) is 25.9 Å². The second-order valence-corrected chi connectivity index (χ2v) is 4.10. The van der Waals surface area contributed by atoms with Gasteiger partial charge in [-0.2, -0.15) is 0 Å². The Hall–Kier alpha value is -0.610. The van der Waals surface area contributed by atoms with Crippen LogP contribution >= 0.6 is 0 Å². The van der Waals surface area contributed by atoms with E-state index in [1.807, 2.05) is 0 Å². The number of carbonyl (C=O) groups is 1. The molecule has 0 unspecified atom stereocenters. The standard InChI is InChI=1S/C12H22O4/c1-3-10-7-11(8-10)16-6-5-14-9-12(13)15-4-2/h10-11H,3-9H2,1-2H3. The number of carbonyl (C=O) groups excluding carboxylic acids is 1. The lowest BCUT2D eigenvalue weighted by Crippen LogP contribution is -2.32. The minimum atomic E-state index is -0.308. The third-order valence-corrected chi connectivity index (χ3v) is 2.88. The lowest BCUT2D eigenvalue weighted by Gasteiger charge is -2.34. The zero-order valence-corrected chi connectivity index (χ0v) is 10.2. The summed E-state index contributed by atoms with van der Waals surface area (Å²) in [4.78, 5) is 10.9. The maximum Gasteiger partial charge on any atom is 0.332 e. The molecule has 1 fully saturated rings. The molecular formula is C12H22O4. The molecule has 0 radical (unpaired) electrons. The summed E-state index contributed by atoms with van der Waals surface area (Å²) < 4.78 is 15.4. The summed E-state index contributed by atoms with van der Waals surface area (Å²) in [6, 6.07) is 0. The first kappa shape index (κ1) is 13.5. The van der Waals surface area contributed by atoms with Crippen LogP contribution in [0.1, 0.15) is 33.1 Å². The van der Waals surface area contributed by atoms with E-state index in [1.54, 1.807) is 6.92 Å². The van der Waals surface area contributed by atoms with Gasteiger partial charge in [0, 0.05) is 0 Å². The fraction of sp³-hybridized carbons (Fsp3) is 0.917. The molecule has 0 saturated heterocycles. The molecule has 1 aliphatic carbocycles. The van der Waals surface area contributed by atoms with Crippen molar-refractivity contribution in [2.45, 2.75) is 39.2 Å². The van der Waals surface area contributed by atoms with Crippen LogP contribution in [0.25, 0.3) is 0 Å². The molecule has 0 bridgehead atoms. The first-order valence-corrected chi connectivity index (χ1v) is 6.11. The molecule has 94 valence electrons. The summed E-state index contributed by atoms with van der Waals surface area (Å²) in [7, 11) is 0. The molecule has 0 amide bonds. The molecule has 0 N–H and O–H groups in total. The summed E-state index contributed by atoms with van der Waals surface area (Å²) in [5.41, 5.74) is 0. The van der Waals surface area contributed by atoms with Gasteiger partial charge in [-0.25, -0.2) is 4.79 Å². The number of hydrogen-bond donors (Lipinski definition) is 0. The maximum absolute atomic E-state index is 10.9. The van der Waals surface area contributed by atoms with Crippen LogP contribution in [0.2, 0.25) is 0 Å². The number of ether oxygens (including phenoxy) is 3. The van der Waals surface area contributed by atoms with E-state index < -0.39 is 0 Å². The molecule has 1 saturated carbocycles. The Kier molecular flexibility index (Phi) is 6.42. The van der Waals surface area contributed by atoms with Gasteiger partial charge < -0.3 is 14.2 Å². The van der Waals surface area contributed by atoms with Crippen LogP contribution in [-0.4, -0.2) is 38.5 Å². The van der Waals surface area contributed by atoms with Crippen molar-refractivity contribution in [2.75, 3.05) is 26.4 Å². The largest absolute Gasteiger partial charge is 0.464 e. The Labute approximate surface area is 97.2 Å². The van der Waals surface area contributed by atoms with Crippen molar-refractivity contribution in [1.29, 1.82) is 0 Å². The van der Waals surface area contributed by atoms with Crippen molar-refractivity contribution >= 4 is 5.97 Å². The molecule has 1 rings (SSSR count). The van der Waals surface area contributed by atoms with Crippen LogP contribution in [-0.2, 0) is 19.0 Å². The van der Waals surface area contributed by atoms with Gasteiger partial charge in [-0.1, -0.05) is 13.3 Å². The lowest BCUT2D eigenvalue weighted by atomic mass is 9.80. The third kappa shape index (κ3) is 4.94. The average molecular weight is 230 g/mol. The van der Waals surface area contributed by atoms with Crippen LogP contribution < -0.4 is 0 Å². The Morgan fingerprint density at radius 3 is 2.62 bits per heavy atom. The molecule has 1 aliphatic rings. The predicted molar refractivity (Wildman–Crippen MR) is 60.2 cm³/mol. The monoisotopic (exact) mass is 230 g/mol. The average Bonchev–Trinajstić information content (AvgIpc) is 2.20. The second kappa shape index (κ2) is 7.63. The second-order valence-electron chi connectivity index (χ2n) is 4.10. The van der Waals surface area contributed by atoms with Crippen LogP contribution in [0.3, 0.4) is 0 Å². The van der Waals surface area contributed by atoms with Crippen LogP contribution in [0.5, 0.6) is 0 Å². The summed E-state index contributed by atoms with van der Waals surface area (Å²) >= 11 is 0. The predicted octanol–water partition coefficient (Wildman–Crippen LogP) is 1.77. The van der Waals surface area contributed by atoms with E-state index in [0.717, 1.165) is 5.92 Å². The minimum absolute atomic E-state index is 0.0272. The summed E-state index contributed by atoms with van der Waals surface area (Å²) in [6.45, 7) is 5.45. The van der Waals surface area contributed by atoms with Gasteiger partial charge >= 0.3 is 5.97 Å². The molecule has 0 aromatic heterocycles. The molecule has 0 atom stereocenters. The highest BCUT2D eigenvalue weighted by Crippen LogP contribution is 2.32. The van der Waals surface area contributed by atoms with Gasteiger partial charge in [0.25, 0.3) is 0 Å². The highest BCUT2D eigenvalue weighted by Gasteiger charge is 2.27. The molecular weight excluding hydrogens is 208 g/mol. The number of rotatable bonds is 8. The molecule has 0 aliphatic heterocycles. The Balaban J connectivity index is 1.84. The molecule has 0 spiro atoms. The van der Waals surface area contributed by atoms with E-state index in [1.165, 1.54) is 19.3 Å². The van der Waals surface area contributed by atoms with Crippen LogP contribution in [0.15, 0.2) is 0 Å². The molecule has 0 heterocycles. The van der Waals surface area contributed by atoms with Gasteiger partial charge in [-0.15, -0.1) is 0 Å². The molecule has 0 aromatic carbocycles. The van der Waals surface area contributed by atoms with Gasteiger partial charge in [0.1, 0.15) is 6.61 Å². The molecule has 4 heteroatoms. The highest BCUT2D eigenvalue weighted by atomic mass is 16.6. The van der Waals surface area contributed by atoms with Crippen molar-refractivity contribution in [3.8, 4) is 0 Å². The fourth-order valence-electron chi connectivity index (χ4n) is 1.78. The van der Waals surface area contributed by atoms with E-state index >= 15 is 0 Å². The van der Waals surface area contributed by atoms with Crippen molar-refractivity contribution in [3.63, 3.8) is 0 Å². The van der Waals surface area contributed by atoms with Gasteiger partial charge in [0.2, 0.25) is 0 Å². The van der Waals surface area contributed by atoms with Gasteiger partial charge in [0.15, 0.2) is 0 Å². The molecule has 16 heavy (non-hydrogen) atoms. The Bertz CT molecular complexity index is 199. The fourth-order valence-corrected chi connectivity index (χ4v) is 1.78. The van der Waals surface area contributed by atoms with Gasteiger partial charge in [0.05, 0.1) is 25.9 Å². The number of hydrogen-bond acceptors (Lipinski definition) is 4. The smallest absolute Gasteiger partial charge is 0.332 e. The van der Waals surface area contributed by atoms with Crippen LogP contribution in [0.4, 0.5) is 0 Å². The first-order valence-electron chi connectivity index (χ1n) is 6.11. The summed E-state index contributed by atoms with van der Waals surface area (Å²) in [5, 5.41) is 0. The normalized spacial score (nSPS) is 23.9. The van der Waals surface area contributed by atoms with Gasteiger partial charge in [-0.3, -0.25) is 0 Å². The van der Waals surface area contributed by atoms with E-state index in [-0.39, 0.29) is 12.6 Å². The Morgan fingerprint density at radius 2 is 2.00 bits per heavy atom. The SMILES string of the molecule is CCOC(=O)COCCOC1CC(CC)C1. The summed E-state index contributed by atoms with van der Waals surface area (Å²) in [6.07, 6.45) is 4.01. The summed E-state index contributed by atoms with van der Waals surface area (Å²) in [5.74, 6) is 0.544. The zero-order valence-electron chi connectivity index (χ0n) is 10.2. The highest BCUT2D eigenvalue weighted by molar-refractivity contribution is 5.70. The van der Waals surface area contributed by atoms with Crippen molar-refractivity contribution in [1.82, 2.24) is 0 Å². The van der Waals surface area contributed by atoms with E-state index in [2.05, 4.69) is 6.92 Å². The third-order valence-electron chi connectivity index (χ3n) is 2.88. The van der Waals surface area contributed by atoms with E-state index in [4.69, 9.17) is 14.2 Å². The van der Waals surface area contributed by atoms with E-state index in [9.17, 15) is 4.79 Å². The minimum Gasteiger partial charge on any atom is -0.464 e. The van der Waals surface area contributed by atoms with Crippen molar-refractivity contribution < 1.29 is 19.0 Å². The van der Waals surface area contributed by atoms with Crippen molar-refractivity contribution in [2.24, 2.45) is 5.92 Å². The zero-order chi connectivity index (χ0) is 11.8. The maximum atomic E-state index is 10.9. The topological polar surface area (TPSA) is 44.8 Å². The lowest BCUT2D eigenvalue weighted by molar-refractivity contribution is -0.149. The first-order chi connectivity index (χ1) is 7.76. The number of esters is 1. The van der Waals surface area contributed by atoms with Gasteiger partial charge in [-0.05, 0) is 25.7 Å². The molecule has 4 nitrogen and oxygen atoms in total.